The molecule has 0 bridgehead atoms. The number of nitrogens with one attached hydrogen (secondary N) is 2. The molecule has 1 aliphatic rings. The number of anilines is 2. The second-order valence-corrected chi connectivity index (χ2v) is 9.44. The molecule has 2 N–H and O–H groups in total. The average molecular weight is 432 g/mol. The quantitative estimate of drug-likeness (QED) is 0.763. The van der Waals surface area contributed by atoms with E-state index in [0.717, 1.165) is 24.5 Å². The van der Waals surface area contributed by atoms with Crippen LogP contribution in [-0.4, -0.2) is 34.8 Å². The van der Waals surface area contributed by atoms with E-state index in [1.807, 2.05) is 0 Å². The predicted molar refractivity (Wildman–Crippen MR) is 97.8 cm³/mol. The summed E-state index contributed by atoms with van der Waals surface area (Å²) in [5.74, 6) is -2.49. The van der Waals surface area contributed by atoms with Crippen molar-refractivity contribution in [1.29, 1.82) is 0 Å². The SMILES string of the molecule is O=C(CS(=O)(=O)c1ccc2c(c1)S(=O)(=O)N=CN2)Nc1ccc(F)cc1Cl. The van der Waals surface area contributed by atoms with Crippen molar-refractivity contribution < 1.29 is 26.0 Å². The lowest BCUT2D eigenvalue weighted by Crippen LogP contribution is -2.23. The topological polar surface area (TPSA) is 122 Å². The van der Waals surface area contributed by atoms with Gasteiger partial charge in [0, 0.05) is 0 Å². The van der Waals surface area contributed by atoms with Crippen LogP contribution < -0.4 is 10.6 Å². The first kappa shape index (κ1) is 19.3. The Morgan fingerprint density at radius 1 is 1.22 bits per heavy atom. The number of carbonyl (C=O) groups excluding carboxylic acids is 1. The summed E-state index contributed by atoms with van der Waals surface area (Å²) in [7, 11) is -8.18. The number of hydrogen-bond donors (Lipinski definition) is 2. The number of amides is 1. The van der Waals surface area contributed by atoms with E-state index in [1.165, 1.54) is 18.2 Å². The zero-order valence-electron chi connectivity index (χ0n) is 13.3. The molecule has 0 radical (unpaired) electrons. The standard InChI is InChI=1S/C15H11ClFN3O5S2/c16-11-5-9(17)1-3-12(11)20-15(21)7-26(22,23)10-2-4-13-14(6-10)27(24,25)19-8-18-13/h1-6,8H,7H2,(H,18,19)(H,20,21). The summed E-state index contributed by atoms with van der Waals surface area (Å²) in [4.78, 5) is 11.4. The molecule has 2 aromatic carbocycles. The number of hydrogen-bond acceptors (Lipinski definition) is 6. The van der Waals surface area contributed by atoms with Crippen molar-refractivity contribution in [2.45, 2.75) is 9.79 Å². The number of carbonyl (C=O) groups is 1. The van der Waals surface area contributed by atoms with Gasteiger partial charge in [0.05, 0.1) is 21.3 Å². The lowest BCUT2D eigenvalue weighted by atomic mass is 10.3. The van der Waals surface area contributed by atoms with Gasteiger partial charge >= 0.3 is 0 Å². The van der Waals surface area contributed by atoms with Gasteiger partial charge in [-0.15, -0.1) is 4.40 Å². The maximum Gasteiger partial charge on any atom is 0.285 e. The molecule has 0 saturated heterocycles. The fraction of sp³-hybridized carbons (Fsp3) is 0.0667. The monoisotopic (exact) mass is 431 g/mol. The zero-order chi connectivity index (χ0) is 19.8. The number of sulfonamides is 1. The van der Waals surface area contributed by atoms with Gasteiger partial charge in [-0.3, -0.25) is 4.79 Å². The summed E-state index contributed by atoms with van der Waals surface area (Å²) in [5, 5.41) is 4.77. The number of sulfone groups is 1. The maximum absolute atomic E-state index is 13.0. The van der Waals surface area contributed by atoms with Crippen molar-refractivity contribution in [3.63, 3.8) is 0 Å². The van der Waals surface area contributed by atoms with E-state index in [2.05, 4.69) is 15.0 Å². The van der Waals surface area contributed by atoms with Crippen LogP contribution in [0.3, 0.4) is 0 Å². The summed E-state index contributed by atoms with van der Waals surface area (Å²) in [6, 6.07) is 6.58. The van der Waals surface area contributed by atoms with Crippen LogP contribution in [0.25, 0.3) is 0 Å². The van der Waals surface area contributed by atoms with Crippen LogP contribution >= 0.6 is 11.6 Å². The highest BCUT2D eigenvalue weighted by Gasteiger charge is 2.26. The van der Waals surface area contributed by atoms with E-state index in [0.29, 0.717) is 0 Å². The fourth-order valence-electron chi connectivity index (χ4n) is 2.28. The van der Waals surface area contributed by atoms with Gasteiger partial charge in [0.25, 0.3) is 10.0 Å². The molecule has 1 heterocycles. The van der Waals surface area contributed by atoms with E-state index in [4.69, 9.17) is 11.6 Å². The molecule has 0 aliphatic carbocycles. The van der Waals surface area contributed by atoms with Gasteiger partial charge < -0.3 is 10.6 Å². The minimum atomic E-state index is -4.16. The molecule has 0 unspecified atom stereocenters. The minimum Gasteiger partial charge on any atom is -0.345 e. The van der Waals surface area contributed by atoms with Crippen LogP contribution in [0.15, 0.2) is 50.6 Å². The van der Waals surface area contributed by atoms with E-state index in [9.17, 15) is 26.0 Å². The van der Waals surface area contributed by atoms with E-state index in [1.54, 1.807) is 0 Å². The van der Waals surface area contributed by atoms with Crippen LogP contribution in [0.5, 0.6) is 0 Å². The fourth-order valence-corrected chi connectivity index (χ4v) is 4.72. The Morgan fingerprint density at radius 3 is 2.67 bits per heavy atom. The molecule has 8 nitrogen and oxygen atoms in total. The van der Waals surface area contributed by atoms with Gasteiger partial charge in [-0.05, 0) is 36.4 Å². The van der Waals surface area contributed by atoms with Gasteiger partial charge in [-0.1, -0.05) is 11.6 Å². The molecule has 12 heteroatoms. The molecule has 0 aromatic heterocycles. The van der Waals surface area contributed by atoms with E-state index >= 15 is 0 Å². The first-order chi connectivity index (χ1) is 12.6. The van der Waals surface area contributed by atoms with Gasteiger partial charge in [0.1, 0.15) is 22.8 Å². The van der Waals surface area contributed by atoms with Crippen LogP contribution in [-0.2, 0) is 24.7 Å². The first-order valence-electron chi connectivity index (χ1n) is 7.25. The molecule has 3 rings (SSSR count). The highest BCUT2D eigenvalue weighted by Crippen LogP contribution is 2.29. The molecular formula is C15H11ClFN3O5S2. The van der Waals surface area contributed by atoms with E-state index in [-0.39, 0.29) is 26.2 Å². The van der Waals surface area contributed by atoms with Crippen molar-refractivity contribution >= 4 is 55.1 Å². The highest BCUT2D eigenvalue weighted by molar-refractivity contribution is 7.92. The van der Waals surface area contributed by atoms with Crippen molar-refractivity contribution in [2.75, 3.05) is 16.4 Å². The Morgan fingerprint density at radius 2 is 1.96 bits per heavy atom. The third kappa shape index (κ3) is 4.10. The van der Waals surface area contributed by atoms with Gasteiger partial charge in [0.2, 0.25) is 5.91 Å². The number of rotatable bonds is 4. The number of fused-ring (bicyclic) bond motifs is 1. The number of benzene rings is 2. The highest BCUT2D eigenvalue weighted by atomic mass is 35.5. The summed E-state index contributed by atoms with van der Waals surface area (Å²) in [5.41, 5.74) is 0.219. The Kier molecular flexibility index (Phi) is 4.93. The zero-order valence-corrected chi connectivity index (χ0v) is 15.7. The van der Waals surface area contributed by atoms with Crippen molar-refractivity contribution in [2.24, 2.45) is 4.40 Å². The third-order valence-electron chi connectivity index (χ3n) is 3.53. The Hall–Kier alpha value is -2.50. The molecular weight excluding hydrogens is 421 g/mol. The second-order valence-electron chi connectivity index (χ2n) is 5.44. The summed E-state index contributed by atoms with van der Waals surface area (Å²) >= 11 is 5.78. The van der Waals surface area contributed by atoms with Crippen molar-refractivity contribution in [3.8, 4) is 0 Å². The summed E-state index contributed by atoms with van der Waals surface area (Å²) in [6.07, 6.45) is 0.978. The van der Waals surface area contributed by atoms with Gasteiger partial charge in [0.15, 0.2) is 9.84 Å². The minimum absolute atomic E-state index is 0.0461. The molecule has 1 aliphatic heterocycles. The molecule has 1 amide bonds. The molecule has 2 aromatic rings. The molecule has 0 fully saturated rings. The summed E-state index contributed by atoms with van der Waals surface area (Å²) in [6.45, 7) is 0. The van der Waals surface area contributed by atoms with Crippen molar-refractivity contribution in [3.05, 3.63) is 47.2 Å². The first-order valence-corrected chi connectivity index (χ1v) is 10.7. The molecule has 0 saturated carbocycles. The van der Waals surface area contributed by atoms with Gasteiger partial charge in [-0.25, -0.2) is 12.8 Å². The second kappa shape index (κ2) is 6.91. The average Bonchev–Trinajstić information content (AvgIpc) is 2.56. The van der Waals surface area contributed by atoms with Crippen LogP contribution in [0, 0.1) is 5.82 Å². The van der Waals surface area contributed by atoms with E-state index < -0.39 is 37.3 Å². The maximum atomic E-state index is 13.0. The molecule has 0 atom stereocenters. The Labute approximate surface area is 159 Å². The number of nitrogens with zero attached hydrogens (tertiary/aromatic N) is 1. The Balaban J connectivity index is 1.84. The van der Waals surface area contributed by atoms with Crippen LogP contribution in [0.1, 0.15) is 0 Å². The smallest absolute Gasteiger partial charge is 0.285 e. The third-order valence-corrected chi connectivity index (χ3v) is 6.73. The van der Waals surface area contributed by atoms with Crippen molar-refractivity contribution in [1.82, 2.24) is 0 Å². The molecule has 0 spiro atoms. The van der Waals surface area contributed by atoms with Crippen LogP contribution in [0.4, 0.5) is 15.8 Å². The largest absolute Gasteiger partial charge is 0.345 e. The predicted octanol–water partition coefficient (Wildman–Crippen LogP) is 2.03. The molecule has 27 heavy (non-hydrogen) atoms. The lowest BCUT2D eigenvalue weighted by Gasteiger charge is -2.14. The normalized spacial score (nSPS) is 14.9. The lowest BCUT2D eigenvalue weighted by molar-refractivity contribution is -0.113. The Bertz CT molecular complexity index is 1180. The van der Waals surface area contributed by atoms with Crippen LogP contribution in [0.2, 0.25) is 5.02 Å². The number of halogens is 2. The summed E-state index contributed by atoms with van der Waals surface area (Å²) < 4.78 is 65.1. The van der Waals surface area contributed by atoms with Gasteiger partial charge in [-0.2, -0.15) is 8.42 Å². The molecule has 142 valence electrons.